The fraction of sp³-hybridized carbons (Fsp3) is 0.280. The monoisotopic (exact) mass is 439 g/mol. The number of amides is 1. The van der Waals surface area contributed by atoms with Crippen LogP contribution in [0.4, 0.5) is 5.69 Å². The standard InChI is InChI=1S/C25H29N3O2.ClH/c1-25(2,27-18-23(29)20-8-4-3-5-9-20)17-19-11-13-21(14-12-19)28-24(30)16-22-10-6-7-15-26-22;/h3-15,23,27,29H,16-18H2,1-2H3,(H,28,30);1H. The first kappa shape index (κ1) is 24.5. The van der Waals surface area contributed by atoms with Gasteiger partial charge in [0.25, 0.3) is 0 Å². The second-order valence-electron chi connectivity index (χ2n) is 8.11. The van der Waals surface area contributed by atoms with E-state index >= 15 is 0 Å². The Morgan fingerprint density at radius 2 is 1.68 bits per heavy atom. The fourth-order valence-electron chi connectivity index (χ4n) is 3.32. The van der Waals surface area contributed by atoms with Gasteiger partial charge in [-0.25, -0.2) is 0 Å². The number of benzene rings is 2. The number of pyridine rings is 1. The van der Waals surface area contributed by atoms with Crippen molar-refractivity contribution >= 4 is 24.0 Å². The number of aliphatic hydroxyl groups excluding tert-OH is 1. The molecule has 3 N–H and O–H groups in total. The van der Waals surface area contributed by atoms with Crippen LogP contribution in [0.1, 0.15) is 36.8 Å². The lowest BCUT2D eigenvalue weighted by atomic mass is 9.94. The first-order valence-electron chi connectivity index (χ1n) is 10.2. The zero-order chi connectivity index (χ0) is 21.4. The minimum Gasteiger partial charge on any atom is -0.387 e. The average Bonchev–Trinajstić information content (AvgIpc) is 2.74. The van der Waals surface area contributed by atoms with E-state index in [1.54, 1.807) is 6.20 Å². The van der Waals surface area contributed by atoms with Gasteiger partial charge in [0.1, 0.15) is 0 Å². The number of nitrogens with zero attached hydrogens (tertiary/aromatic N) is 1. The predicted octanol–water partition coefficient (Wildman–Crippen LogP) is 4.33. The number of nitrogens with one attached hydrogen (secondary N) is 2. The summed E-state index contributed by atoms with van der Waals surface area (Å²) in [6.07, 6.45) is 2.20. The van der Waals surface area contributed by atoms with Crippen molar-refractivity contribution in [3.63, 3.8) is 0 Å². The molecule has 0 fully saturated rings. The molecule has 164 valence electrons. The fourth-order valence-corrected chi connectivity index (χ4v) is 3.32. The van der Waals surface area contributed by atoms with Crippen LogP contribution in [0.15, 0.2) is 79.0 Å². The highest BCUT2D eigenvalue weighted by atomic mass is 35.5. The molecular formula is C25H30ClN3O2. The highest BCUT2D eigenvalue weighted by molar-refractivity contribution is 5.92. The SMILES string of the molecule is CC(C)(Cc1ccc(NC(=O)Cc2ccccn2)cc1)NCC(O)c1ccccc1.Cl. The number of rotatable bonds is 9. The molecule has 1 atom stereocenters. The molecule has 0 radical (unpaired) electrons. The molecule has 0 saturated carbocycles. The van der Waals surface area contributed by atoms with Crippen LogP contribution in [-0.2, 0) is 17.6 Å². The molecule has 1 aromatic heterocycles. The van der Waals surface area contributed by atoms with Gasteiger partial charge in [-0.1, -0.05) is 48.5 Å². The molecule has 0 aliphatic rings. The second-order valence-corrected chi connectivity index (χ2v) is 8.11. The summed E-state index contributed by atoms with van der Waals surface area (Å²) >= 11 is 0. The summed E-state index contributed by atoms with van der Waals surface area (Å²) in [5.41, 5.74) is 3.40. The minimum absolute atomic E-state index is 0. The highest BCUT2D eigenvalue weighted by Crippen LogP contribution is 2.18. The van der Waals surface area contributed by atoms with Gasteiger partial charge in [0.2, 0.25) is 5.91 Å². The molecule has 6 heteroatoms. The van der Waals surface area contributed by atoms with Crippen molar-refractivity contribution in [2.45, 2.75) is 38.3 Å². The minimum atomic E-state index is -0.540. The normalized spacial score (nSPS) is 12.0. The van der Waals surface area contributed by atoms with E-state index in [0.717, 1.165) is 28.9 Å². The number of aromatic nitrogens is 1. The summed E-state index contributed by atoms with van der Waals surface area (Å²) in [5, 5.41) is 16.7. The number of hydrogen-bond acceptors (Lipinski definition) is 4. The van der Waals surface area contributed by atoms with Gasteiger partial charge in [0, 0.05) is 29.7 Å². The third-order valence-electron chi connectivity index (χ3n) is 4.91. The zero-order valence-corrected chi connectivity index (χ0v) is 18.7. The van der Waals surface area contributed by atoms with E-state index in [1.807, 2.05) is 72.8 Å². The molecule has 2 aromatic carbocycles. The van der Waals surface area contributed by atoms with Crippen LogP contribution in [0, 0.1) is 0 Å². The third kappa shape index (κ3) is 8.13. The molecule has 5 nitrogen and oxygen atoms in total. The second kappa shape index (κ2) is 11.6. The Morgan fingerprint density at radius 1 is 1.00 bits per heavy atom. The molecule has 0 aliphatic heterocycles. The van der Waals surface area contributed by atoms with Crippen LogP contribution in [0.25, 0.3) is 0 Å². The summed E-state index contributed by atoms with van der Waals surface area (Å²) in [7, 11) is 0. The molecule has 0 bridgehead atoms. The largest absolute Gasteiger partial charge is 0.387 e. The van der Waals surface area contributed by atoms with Gasteiger partial charge in [0.15, 0.2) is 0 Å². The zero-order valence-electron chi connectivity index (χ0n) is 17.9. The van der Waals surface area contributed by atoms with Crippen LogP contribution < -0.4 is 10.6 Å². The molecule has 1 heterocycles. The van der Waals surface area contributed by atoms with Crippen molar-refractivity contribution in [3.8, 4) is 0 Å². The van der Waals surface area contributed by atoms with E-state index in [1.165, 1.54) is 0 Å². The lowest BCUT2D eigenvalue weighted by Crippen LogP contribution is -2.43. The highest BCUT2D eigenvalue weighted by Gasteiger charge is 2.20. The Balaban J connectivity index is 0.00000341. The lowest BCUT2D eigenvalue weighted by molar-refractivity contribution is -0.115. The Kier molecular flexibility index (Phi) is 9.19. The van der Waals surface area contributed by atoms with Gasteiger partial charge < -0.3 is 15.7 Å². The third-order valence-corrected chi connectivity index (χ3v) is 4.91. The molecular weight excluding hydrogens is 410 g/mol. The van der Waals surface area contributed by atoms with Crippen LogP contribution in [0.2, 0.25) is 0 Å². The van der Waals surface area contributed by atoms with Gasteiger partial charge in [-0.3, -0.25) is 9.78 Å². The van der Waals surface area contributed by atoms with Crippen LogP contribution in [0.3, 0.4) is 0 Å². The van der Waals surface area contributed by atoms with Crippen molar-refractivity contribution in [1.29, 1.82) is 0 Å². The molecule has 3 rings (SSSR count). The quantitative estimate of drug-likeness (QED) is 0.464. The maximum absolute atomic E-state index is 12.2. The van der Waals surface area contributed by atoms with Crippen LogP contribution >= 0.6 is 12.4 Å². The lowest BCUT2D eigenvalue weighted by Gasteiger charge is -2.28. The van der Waals surface area contributed by atoms with Gasteiger partial charge in [-0.2, -0.15) is 0 Å². The molecule has 3 aromatic rings. The van der Waals surface area contributed by atoms with E-state index in [9.17, 15) is 9.90 Å². The first-order valence-corrected chi connectivity index (χ1v) is 10.2. The van der Waals surface area contributed by atoms with Crippen LogP contribution in [-0.4, -0.2) is 28.1 Å². The van der Waals surface area contributed by atoms with Crippen LogP contribution in [0.5, 0.6) is 0 Å². The number of aliphatic hydroxyl groups is 1. The number of anilines is 1. The average molecular weight is 440 g/mol. The topological polar surface area (TPSA) is 74.2 Å². The van der Waals surface area contributed by atoms with E-state index in [0.29, 0.717) is 6.54 Å². The summed E-state index contributed by atoms with van der Waals surface area (Å²) < 4.78 is 0. The number of β-amino-alcohol motifs (C(OH)–C–C–N with tert-alkyl or cyclic N) is 1. The van der Waals surface area contributed by atoms with Crippen molar-refractivity contribution in [2.75, 3.05) is 11.9 Å². The summed E-state index contributed by atoms with van der Waals surface area (Å²) in [5.74, 6) is -0.0849. The van der Waals surface area contributed by atoms with Crippen molar-refractivity contribution in [2.24, 2.45) is 0 Å². The summed E-state index contributed by atoms with van der Waals surface area (Å²) in [4.78, 5) is 16.4. The number of carbonyl (C=O) groups is 1. The molecule has 0 saturated heterocycles. The maximum Gasteiger partial charge on any atom is 0.230 e. The molecule has 1 amide bonds. The Hall–Kier alpha value is -2.73. The number of halogens is 1. The molecule has 1 unspecified atom stereocenters. The molecule has 31 heavy (non-hydrogen) atoms. The predicted molar refractivity (Wildman–Crippen MR) is 127 cm³/mol. The van der Waals surface area contributed by atoms with E-state index in [4.69, 9.17) is 0 Å². The van der Waals surface area contributed by atoms with E-state index in [2.05, 4.69) is 29.5 Å². The van der Waals surface area contributed by atoms with E-state index < -0.39 is 6.10 Å². The molecule has 0 spiro atoms. The summed E-state index contributed by atoms with van der Waals surface area (Å²) in [6.45, 7) is 4.72. The van der Waals surface area contributed by atoms with Gasteiger partial charge >= 0.3 is 0 Å². The van der Waals surface area contributed by atoms with Crippen molar-refractivity contribution in [3.05, 3.63) is 95.8 Å². The Bertz CT molecular complexity index is 932. The Morgan fingerprint density at radius 3 is 2.32 bits per heavy atom. The number of carbonyl (C=O) groups excluding carboxylic acids is 1. The van der Waals surface area contributed by atoms with Crippen molar-refractivity contribution < 1.29 is 9.90 Å². The number of hydrogen-bond donors (Lipinski definition) is 3. The summed E-state index contributed by atoms with van der Waals surface area (Å²) in [6, 6.07) is 23.1. The Labute approximate surface area is 190 Å². The van der Waals surface area contributed by atoms with Crippen molar-refractivity contribution in [1.82, 2.24) is 10.3 Å². The van der Waals surface area contributed by atoms with Gasteiger partial charge in [0.05, 0.1) is 12.5 Å². The first-order chi connectivity index (χ1) is 14.4. The smallest absolute Gasteiger partial charge is 0.230 e. The molecule has 0 aliphatic carbocycles. The van der Waals surface area contributed by atoms with Gasteiger partial charge in [-0.05, 0) is 55.7 Å². The maximum atomic E-state index is 12.2. The van der Waals surface area contributed by atoms with E-state index in [-0.39, 0.29) is 30.3 Å². The van der Waals surface area contributed by atoms with Gasteiger partial charge in [-0.15, -0.1) is 12.4 Å².